The van der Waals surface area contributed by atoms with Gasteiger partial charge in [-0.2, -0.15) is 18.2 Å². The van der Waals surface area contributed by atoms with Gasteiger partial charge in [0, 0.05) is 30.8 Å². The third-order valence-electron chi connectivity index (χ3n) is 4.41. The van der Waals surface area contributed by atoms with Gasteiger partial charge in [-0.15, -0.1) is 0 Å². The lowest BCUT2D eigenvalue weighted by Crippen LogP contribution is -2.48. The molecule has 2 aromatic heterocycles. The zero-order chi connectivity index (χ0) is 20.7. The molecule has 1 N–H and O–H groups in total. The summed E-state index contributed by atoms with van der Waals surface area (Å²) in [7, 11) is 0. The molecule has 0 aliphatic carbocycles. The summed E-state index contributed by atoms with van der Waals surface area (Å²) in [6, 6.07) is 2.57. The van der Waals surface area contributed by atoms with Crippen LogP contribution in [0.2, 0.25) is 0 Å². The molecule has 1 aliphatic rings. The highest BCUT2D eigenvalue weighted by atomic mass is 19.4. The zero-order valence-electron chi connectivity index (χ0n) is 15.4. The number of aromatic nitrogens is 3. The van der Waals surface area contributed by atoms with Crippen LogP contribution in [0.15, 0.2) is 22.9 Å². The van der Waals surface area contributed by atoms with Crippen molar-refractivity contribution in [2.75, 3.05) is 6.54 Å². The van der Waals surface area contributed by atoms with Gasteiger partial charge < -0.3 is 19.3 Å². The van der Waals surface area contributed by atoms with E-state index in [2.05, 4.69) is 19.6 Å². The van der Waals surface area contributed by atoms with Gasteiger partial charge in [-0.05, 0) is 11.5 Å². The summed E-state index contributed by atoms with van der Waals surface area (Å²) in [5, 5.41) is 12.7. The number of hydrogen-bond acceptors (Lipinski definition) is 6. The van der Waals surface area contributed by atoms with Crippen molar-refractivity contribution in [3.63, 3.8) is 0 Å². The molecule has 152 valence electrons. The number of amides is 1. The number of ether oxygens (including phenoxy) is 1. The Hall–Kier alpha value is -2.85. The summed E-state index contributed by atoms with van der Waals surface area (Å²) in [5.74, 6) is -1.44. The van der Waals surface area contributed by atoms with E-state index in [0.29, 0.717) is 13.0 Å². The molecule has 0 spiro atoms. The molecule has 0 radical (unpaired) electrons. The van der Waals surface area contributed by atoms with Crippen molar-refractivity contribution in [2.45, 2.75) is 45.5 Å². The smallest absolute Gasteiger partial charge is 0.471 e. The van der Waals surface area contributed by atoms with E-state index in [9.17, 15) is 23.1 Å². The zero-order valence-corrected chi connectivity index (χ0v) is 15.4. The van der Waals surface area contributed by atoms with E-state index < -0.39 is 24.3 Å². The molecule has 0 saturated carbocycles. The normalized spacial score (nSPS) is 20.4. The predicted octanol–water partition coefficient (Wildman–Crippen LogP) is 3.70. The Labute approximate surface area is 158 Å². The van der Waals surface area contributed by atoms with Gasteiger partial charge >= 0.3 is 18.2 Å². The Morgan fingerprint density at radius 3 is 2.54 bits per heavy atom. The standard InChI is InChI=1S/C17H19F3N4O4/c1-16(2,3)12-10(6-7-24(12)15(25)26)27-11-5-4-9(8-21-11)13-22-14(28-23-13)17(18,19)20/h4-5,8,10,12H,6-7H2,1-3H3,(H,25,26). The molecule has 1 aliphatic heterocycles. The first-order chi connectivity index (χ1) is 13.0. The van der Waals surface area contributed by atoms with Gasteiger partial charge in [0.25, 0.3) is 0 Å². The summed E-state index contributed by atoms with van der Waals surface area (Å²) in [6.45, 7) is 6.14. The predicted molar refractivity (Wildman–Crippen MR) is 89.5 cm³/mol. The fourth-order valence-electron chi connectivity index (χ4n) is 3.32. The summed E-state index contributed by atoms with van der Waals surface area (Å²) < 4.78 is 47.7. The number of pyridine rings is 1. The Kier molecular flexibility index (Phi) is 4.94. The van der Waals surface area contributed by atoms with E-state index in [1.54, 1.807) is 0 Å². The summed E-state index contributed by atoms with van der Waals surface area (Å²) in [6.07, 6.45) is -4.33. The molecule has 0 bridgehead atoms. The lowest BCUT2D eigenvalue weighted by molar-refractivity contribution is -0.159. The SMILES string of the molecule is CC(C)(C)C1C(Oc2ccc(-c3noc(C(F)(F)F)n3)cn2)CCN1C(=O)O. The number of carboxylic acid groups (broad SMARTS) is 1. The molecule has 2 atom stereocenters. The molecule has 1 amide bonds. The molecular weight excluding hydrogens is 381 g/mol. The molecule has 28 heavy (non-hydrogen) atoms. The highest BCUT2D eigenvalue weighted by Crippen LogP contribution is 2.35. The number of halogens is 3. The second-order valence-electron chi connectivity index (χ2n) is 7.54. The minimum atomic E-state index is -4.72. The quantitative estimate of drug-likeness (QED) is 0.838. The topological polar surface area (TPSA) is 102 Å². The van der Waals surface area contributed by atoms with Crippen molar-refractivity contribution >= 4 is 6.09 Å². The maximum Gasteiger partial charge on any atom is 0.471 e. The minimum absolute atomic E-state index is 0.231. The highest BCUT2D eigenvalue weighted by molar-refractivity contribution is 5.66. The lowest BCUT2D eigenvalue weighted by atomic mass is 9.84. The van der Waals surface area contributed by atoms with Crippen LogP contribution in [0.5, 0.6) is 5.88 Å². The van der Waals surface area contributed by atoms with E-state index in [1.165, 1.54) is 23.2 Å². The van der Waals surface area contributed by atoms with E-state index in [4.69, 9.17) is 4.74 Å². The van der Waals surface area contributed by atoms with Gasteiger partial charge in [0.2, 0.25) is 11.7 Å². The van der Waals surface area contributed by atoms with Gasteiger partial charge in [-0.1, -0.05) is 25.9 Å². The van der Waals surface area contributed by atoms with Crippen LogP contribution in [-0.2, 0) is 6.18 Å². The van der Waals surface area contributed by atoms with Crippen molar-refractivity contribution < 1.29 is 32.3 Å². The van der Waals surface area contributed by atoms with Gasteiger partial charge in [-0.3, -0.25) is 0 Å². The first kappa shape index (κ1) is 19.9. The van der Waals surface area contributed by atoms with Crippen molar-refractivity contribution in [1.82, 2.24) is 20.0 Å². The molecule has 2 unspecified atom stereocenters. The van der Waals surface area contributed by atoms with Gasteiger partial charge in [-0.25, -0.2) is 9.78 Å². The molecule has 3 heterocycles. The Bertz CT molecular complexity index is 845. The number of rotatable bonds is 3. The molecule has 2 aromatic rings. The van der Waals surface area contributed by atoms with Crippen LogP contribution in [0.4, 0.5) is 18.0 Å². The van der Waals surface area contributed by atoms with Crippen LogP contribution in [0.3, 0.4) is 0 Å². The second kappa shape index (κ2) is 6.95. The first-order valence-electron chi connectivity index (χ1n) is 8.50. The molecule has 3 rings (SSSR count). The van der Waals surface area contributed by atoms with Gasteiger partial charge in [0.15, 0.2) is 0 Å². The molecular formula is C17H19F3N4O4. The van der Waals surface area contributed by atoms with E-state index in [-0.39, 0.29) is 28.7 Å². The van der Waals surface area contributed by atoms with Crippen LogP contribution in [0.25, 0.3) is 11.4 Å². The fraction of sp³-hybridized carbons (Fsp3) is 0.529. The molecule has 11 heteroatoms. The maximum atomic E-state index is 12.6. The summed E-state index contributed by atoms with van der Waals surface area (Å²) in [4.78, 5) is 20.2. The van der Waals surface area contributed by atoms with Crippen molar-refractivity contribution in [3.8, 4) is 17.3 Å². The first-order valence-corrected chi connectivity index (χ1v) is 8.50. The Morgan fingerprint density at radius 1 is 1.32 bits per heavy atom. The Balaban J connectivity index is 1.75. The average molecular weight is 400 g/mol. The average Bonchev–Trinajstić information content (AvgIpc) is 3.21. The van der Waals surface area contributed by atoms with E-state index >= 15 is 0 Å². The van der Waals surface area contributed by atoms with Crippen LogP contribution in [0, 0.1) is 5.41 Å². The van der Waals surface area contributed by atoms with Crippen molar-refractivity contribution in [3.05, 3.63) is 24.2 Å². The number of hydrogen-bond donors (Lipinski definition) is 1. The molecule has 1 fully saturated rings. The Morgan fingerprint density at radius 2 is 2.04 bits per heavy atom. The van der Waals surface area contributed by atoms with E-state index in [0.717, 1.165) is 0 Å². The third kappa shape index (κ3) is 4.02. The molecule has 1 saturated heterocycles. The highest BCUT2D eigenvalue weighted by Gasteiger charge is 2.45. The van der Waals surface area contributed by atoms with Crippen LogP contribution >= 0.6 is 0 Å². The van der Waals surface area contributed by atoms with Crippen molar-refractivity contribution in [1.29, 1.82) is 0 Å². The largest absolute Gasteiger partial charge is 0.472 e. The summed E-state index contributed by atoms with van der Waals surface area (Å²) in [5.41, 5.74) is -0.115. The summed E-state index contributed by atoms with van der Waals surface area (Å²) >= 11 is 0. The number of nitrogens with zero attached hydrogens (tertiary/aromatic N) is 4. The van der Waals surface area contributed by atoms with Crippen molar-refractivity contribution in [2.24, 2.45) is 5.41 Å². The number of alkyl halides is 3. The monoisotopic (exact) mass is 400 g/mol. The fourth-order valence-corrected chi connectivity index (χ4v) is 3.32. The number of likely N-dealkylation sites (tertiary alicyclic amines) is 1. The number of carbonyl (C=O) groups is 1. The van der Waals surface area contributed by atoms with Gasteiger partial charge in [0.05, 0.1) is 6.04 Å². The van der Waals surface area contributed by atoms with Crippen LogP contribution < -0.4 is 4.74 Å². The minimum Gasteiger partial charge on any atom is -0.472 e. The molecule has 8 nitrogen and oxygen atoms in total. The van der Waals surface area contributed by atoms with Crippen LogP contribution in [0.1, 0.15) is 33.1 Å². The lowest BCUT2D eigenvalue weighted by Gasteiger charge is -2.36. The van der Waals surface area contributed by atoms with E-state index in [1.807, 2.05) is 20.8 Å². The maximum absolute atomic E-state index is 12.6. The van der Waals surface area contributed by atoms with Crippen LogP contribution in [-0.4, -0.2) is 49.9 Å². The second-order valence-corrected chi connectivity index (χ2v) is 7.54. The molecule has 0 aromatic carbocycles. The third-order valence-corrected chi connectivity index (χ3v) is 4.41. The van der Waals surface area contributed by atoms with Gasteiger partial charge in [0.1, 0.15) is 6.10 Å².